The molecular formula is C8H12N2O5. The number of piperazine rings is 1. The van der Waals surface area contributed by atoms with Gasteiger partial charge in [-0.3, -0.25) is 0 Å². The highest BCUT2D eigenvalue weighted by molar-refractivity contribution is 5.69. The summed E-state index contributed by atoms with van der Waals surface area (Å²) < 4.78 is 0. The summed E-state index contributed by atoms with van der Waals surface area (Å²) in [5, 5.41) is 17.5. The van der Waals surface area contributed by atoms with Gasteiger partial charge in [-0.25, -0.2) is 9.59 Å². The molecule has 0 radical (unpaired) electrons. The van der Waals surface area contributed by atoms with E-state index in [1.54, 1.807) is 0 Å². The highest BCUT2D eigenvalue weighted by Crippen LogP contribution is 2.12. The molecule has 1 aliphatic heterocycles. The number of hydrogen-bond donors (Lipinski definition) is 2. The minimum absolute atomic E-state index is 0.0239. The SMILES string of the molecule is O=CC[C@@H]1CN(C(=O)O)CCN1C(=O)O. The highest BCUT2D eigenvalue weighted by atomic mass is 16.4. The summed E-state index contributed by atoms with van der Waals surface area (Å²) in [5.41, 5.74) is 0. The predicted molar refractivity (Wildman–Crippen MR) is 48.8 cm³/mol. The van der Waals surface area contributed by atoms with Crippen LogP contribution in [0.4, 0.5) is 9.59 Å². The second-order valence-electron chi connectivity index (χ2n) is 3.26. The summed E-state index contributed by atoms with van der Waals surface area (Å²) >= 11 is 0. The third kappa shape index (κ3) is 2.58. The lowest BCUT2D eigenvalue weighted by atomic mass is 10.1. The Morgan fingerprint density at radius 1 is 1.27 bits per heavy atom. The first kappa shape index (κ1) is 11.3. The maximum absolute atomic E-state index is 10.8. The Kier molecular flexibility index (Phi) is 3.48. The molecule has 1 heterocycles. The second-order valence-corrected chi connectivity index (χ2v) is 3.26. The van der Waals surface area contributed by atoms with Crippen molar-refractivity contribution in [1.29, 1.82) is 0 Å². The first-order valence-corrected chi connectivity index (χ1v) is 4.47. The van der Waals surface area contributed by atoms with Gasteiger partial charge in [0.1, 0.15) is 6.29 Å². The van der Waals surface area contributed by atoms with Gasteiger partial charge in [-0.1, -0.05) is 0 Å². The first-order valence-electron chi connectivity index (χ1n) is 4.47. The van der Waals surface area contributed by atoms with E-state index in [0.29, 0.717) is 6.29 Å². The van der Waals surface area contributed by atoms with Gasteiger partial charge in [-0.15, -0.1) is 0 Å². The normalized spacial score (nSPS) is 21.2. The van der Waals surface area contributed by atoms with Crippen molar-refractivity contribution in [2.75, 3.05) is 19.6 Å². The molecule has 7 nitrogen and oxygen atoms in total. The van der Waals surface area contributed by atoms with E-state index in [1.807, 2.05) is 0 Å². The number of rotatable bonds is 2. The molecular weight excluding hydrogens is 204 g/mol. The molecule has 0 aromatic rings. The molecule has 1 saturated heterocycles. The van der Waals surface area contributed by atoms with Crippen LogP contribution in [0.15, 0.2) is 0 Å². The Balaban J connectivity index is 2.68. The van der Waals surface area contributed by atoms with Gasteiger partial charge in [-0.05, 0) is 0 Å². The van der Waals surface area contributed by atoms with E-state index in [1.165, 1.54) is 0 Å². The molecule has 0 aliphatic carbocycles. The van der Waals surface area contributed by atoms with Gasteiger partial charge >= 0.3 is 12.2 Å². The van der Waals surface area contributed by atoms with Crippen molar-refractivity contribution < 1.29 is 24.6 Å². The molecule has 0 spiro atoms. The minimum Gasteiger partial charge on any atom is -0.465 e. The zero-order chi connectivity index (χ0) is 11.4. The van der Waals surface area contributed by atoms with Crippen LogP contribution in [0.1, 0.15) is 6.42 Å². The summed E-state index contributed by atoms with van der Waals surface area (Å²) in [6, 6.07) is -0.565. The summed E-state index contributed by atoms with van der Waals surface area (Å²) in [5.74, 6) is 0. The molecule has 1 rings (SSSR count). The number of carbonyl (C=O) groups excluding carboxylic acids is 1. The van der Waals surface area contributed by atoms with Crippen LogP contribution in [0, 0.1) is 0 Å². The van der Waals surface area contributed by atoms with E-state index >= 15 is 0 Å². The fourth-order valence-corrected chi connectivity index (χ4v) is 1.59. The second kappa shape index (κ2) is 4.63. The number of carboxylic acid groups (broad SMARTS) is 2. The molecule has 84 valence electrons. The van der Waals surface area contributed by atoms with Crippen molar-refractivity contribution in [3.63, 3.8) is 0 Å². The van der Waals surface area contributed by atoms with Crippen molar-refractivity contribution in [2.45, 2.75) is 12.5 Å². The summed E-state index contributed by atoms with van der Waals surface area (Å²) in [6.45, 7) is 0.317. The van der Waals surface area contributed by atoms with E-state index in [4.69, 9.17) is 10.2 Å². The third-order valence-corrected chi connectivity index (χ3v) is 2.37. The highest BCUT2D eigenvalue weighted by Gasteiger charge is 2.31. The molecule has 1 atom stereocenters. The molecule has 7 heteroatoms. The molecule has 15 heavy (non-hydrogen) atoms. The van der Waals surface area contributed by atoms with Crippen molar-refractivity contribution >= 4 is 18.5 Å². The van der Waals surface area contributed by atoms with E-state index in [9.17, 15) is 14.4 Å². The van der Waals surface area contributed by atoms with Crippen LogP contribution in [-0.2, 0) is 4.79 Å². The molecule has 2 amide bonds. The van der Waals surface area contributed by atoms with Gasteiger partial charge in [0.2, 0.25) is 0 Å². The maximum atomic E-state index is 10.8. The van der Waals surface area contributed by atoms with Crippen molar-refractivity contribution in [1.82, 2.24) is 9.80 Å². The summed E-state index contributed by atoms with van der Waals surface area (Å²) in [6.07, 6.45) is -1.58. The van der Waals surface area contributed by atoms with E-state index in [0.717, 1.165) is 9.80 Å². The topological polar surface area (TPSA) is 98.2 Å². The largest absolute Gasteiger partial charge is 0.465 e. The lowest BCUT2D eigenvalue weighted by molar-refractivity contribution is -0.109. The number of hydrogen-bond acceptors (Lipinski definition) is 3. The first-order chi connectivity index (χ1) is 7.06. The van der Waals surface area contributed by atoms with Gasteiger partial charge in [0.05, 0.1) is 6.04 Å². The van der Waals surface area contributed by atoms with E-state index < -0.39 is 18.2 Å². The molecule has 0 aromatic carbocycles. The fourth-order valence-electron chi connectivity index (χ4n) is 1.59. The van der Waals surface area contributed by atoms with Crippen molar-refractivity contribution in [2.24, 2.45) is 0 Å². The number of carbonyl (C=O) groups is 3. The molecule has 2 N–H and O–H groups in total. The van der Waals surface area contributed by atoms with Gasteiger partial charge in [-0.2, -0.15) is 0 Å². The minimum atomic E-state index is -1.12. The third-order valence-electron chi connectivity index (χ3n) is 2.37. The van der Waals surface area contributed by atoms with Crippen LogP contribution < -0.4 is 0 Å². The summed E-state index contributed by atoms with van der Waals surface area (Å²) in [7, 11) is 0. The Hall–Kier alpha value is -1.79. The Morgan fingerprint density at radius 2 is 1.93 bits per heavy atom. The smallest absolute Gasteiger partial charge is 0.407 e. The number of nitrogens with zero attached hydrogens (tertiary/aromatic N) is 2. The Morgan fingerprint density at radius 3 is 2.40 bits per heavy atom. The molecule has 0 saturated carbocycles. The Labute approximate surface area is 85.9 Å². The molecule has 0 aromatic heterocycles. The monoisotopic (exact) mass is 216 g/mol. The van der Waals surface area contributed by atoms with Crippen LogP contribution in [0.3, 0.4) is 0 Å². The average Bonchev–Trinajstić information content (AvgIpc) is 2.17. The molecule has 1 aliphatic rings. The van der Waals surface area contributed by atoms with E-state index in [-0.39, 0.29) is 26.1 Å². The van der Waals surface area contributed by atoms with Gasteiger partial charge in [0.15, 0.2) is 0 Å². The zero-order valence-electron chi connectivity index (χ0n) is 8.00. The average molecular weight is 216 g/mol. The van der Waals surface area contributed by atoms with Crippen LogP contribution in [0.5, 0.6) is 0 Å². The predicted octanol–water partition coefficient (Wildman–Crippen LogP) is -0.0824. The maximum Gasteiger partial charge on any atom is 0.407 e. The molecule has 0 bridgehead atoms. The Bertz CT molecular complexity index is 280. The van der Waals surface area contributed by atoms with Gasteiger partial charge in [0.25, 0.3) is 0 Å². The number of amides is 2. The van der Waals surface area contributed by atoms with Crippen LogP contribution >= 0.6 is 0 Å². The van der Waals surface area contributed by atoms with Crippen LogP contribution in [0.2, 0.25) is 0 Å². The van der Waals surface area contributed by atoms with Crippen molar-refractivity contribution in [3.8, 4) is 0 Å². The van der Waals surface area contributed by atoms with E-state index in [2.05, 4.69) is 0 Å². The van der Waals surface area contributed by atoms with Crippen LogP contribution in [0.25, 0.3) is 0 Å². The molecule has 1 fully saturated rings. The fraction of sp³-hybridized carbons (Fsp3) is 0.625. The quantitative estimate of drug-likeness (QED) is 0.629. The molecule has 0 unspecified atom stereocenters. The van der Waals surface area contributed by atoms with Gasteiger partial charge < -0.3 is 24.8 Å². The lowest BCUT2D eigenvalue weighted by Crippen LogP contribution is -2.56. The standard InChI is InChI=1S/C8H12N2O5/c11-4-1-6-5-9(7(12)13)2-3-10(6)8(14)15/h4,6H,1-3,5H2,(H,12,13)(H,14,15)/t6-/m1/s1. The number of aldehydes is 1. The van der Waals surface area contributed by atoms with Crippen molar-refractivity contribution in [3.05, 3.63) is 0 Å². The van der Waals surface area contributed by atoms with Crippen LogP contribution in [-0.4, -0.2) is 64.2 Å². The zero-order valence-corrected chi connectivity index (χ0v) is 8.00. The van der Waals surface area contributed by atoms with Gasteiger partial charge in [0, 0.05) is 26.1 Å². The lowest BCUT2D eigenvalue weighted by Gasteiger charge is -2.37. The summed E-state index contributed by atoms with van der Waals surface area (Å²) in [4.78, 5) is 34.0.